The first-order valence-corrected chi connectivity index (χ1v) is 6.63. The third-order valence-corrected chi connectivity index (χ3v) is 2.27. The van der Waals surface area contributed by atoms with Crippen molar-refractivity contribution in [3.05, 3.63) is 0 Å². The van der Waals surface area contributed by atoms with Crippen LogP contribution in [0.25, 0.3) is 0 Å². The van der Waals surface area contributed by atoms with Crippen molar-refractivity contribution in [1.29, 1.82) is 0 Å². The van der Waals surface area contributed by atoms with Gasteiger partial charge in [-0.3, -0.25) is 4.99 Å². The summed E-state index contributed by atoms with van der Waals surface area (Å²) in [4.78, 5) is 6.77. The van der Waals surface area contributed by atoms with Crippen molar-refractivity contribution in [1.82, 2.24) is 15.5 Å². The molecule has 0 radical (unpaired) electrons. The van der Waals surface area contributed by atoms with Crippen LogP contribution in [-0.2, 0) is 4.74 Å². The molecule has 116 valence electrons. The molecule has 0 saturated heterocycles. The summed E-state index contributed by atoms with van der Waals surface area (Å²) in [5.74, 6) is 0.880. The van der Waals surface area contributed by atoms with Gasteiger partial charge in [-0.05, 0) is 34.7 Å². The zero-order valence-corrected chi connectivity index (χ0v) is 15.6. The predicted molar refractivity (Wildman–Crippen MR) is 93.7 cm³/mol. The minimum Gasteiger partial charge on any atom is -0.383 e. The second-order valence-corrected chi connectivity index (χ2v) is 5.43. The maximum atomic E-state index is 5.04. The van der Waals surface area contributed by atoms with Crippen LogP contribution in [0.5, 0.6) is 0 Å². The van der Waals surface area contributed by atoms with Gasteiger partial charge >= 0.3 is 0 Å². The van der Waals surface area contributed by atoms with Crippen molar-refractivity contribution in [2.24, 2.45) is 4.99 Å². The Morgan fingerprint density at radius 3 is 2.37 bits per heavy atom. The Morgan fingerprint density at radius 2 is 1.89 bits per heavy atom. The molecular formula is C13H31IN4O. The van der Waals surface area contributed by atoms with Crippen LogP contribution in [0.4, 0.5) is 0 Å². The Kier molecular flexibility index (Phi) is 13.1. The molecular weight excluding hydrogens is 355 g/mol. The first-order chi connectivity index (χ1) is 8.39. The zero-order chi connectivity index (χ0) is 14.0. The molecule has 0 bridgehead atoms. The van der Waals surface area contributed by atoms with E-state index in [1.165, 1.54) is 0 Å². The number of hydrogen-bond acceptors (Lipinski definition) is 3. The van der Waals surface area contributed by atoms with Gasteiger partial charge in [0.2, 0.25) is 0 Å². The summed E-state index contributed by atoms with van der Waals surface area (Å²) in [6, 6.07) is 0. The number of hydrogen-bond donors (Lipinski definition) is 2. The second kappa shape index (κ2) is 11.7. The largest absolute Gasteiger partial charge is 0.383 e. The average Bonchev–Trinajstić information content (AvgIpc) is 2.24. The van der Waals surface area contributed by atoms with E-state index >= 15 is 0 Å². The van der Waals surface area contributed by atoms with Crippen LogP contribution in [0.1, 0.15) is 27.7 Å². The van der Waals surface area contributed by atoms with Crippen LogP contribution >= 0.6 is 24.0 Å². The molecule has 0 atom stereocenters. The summed E-state index contributed by atoms with van der Waals surface area (Å²) in [5, 5.41) is 6.62. The van der Waals surface area contributed by atoms with Crippen molar-refractivity contribution in [2.75, 3.05) is 46.9 Å². The molecule has 2 N–H and O–H groups in total. The molecule has 0 aromatic carbocycles. The fourth-order valence-electron chi connectivity index (χ4n) is 1.35. The maximum Gasteiger partial charge on any atom is 0.191 e. The van der Waals surface area contributed by atoms with Crippen LogP contribution < -0.4 is 10.6 Å². The second-order valence-electron chi connectivity index (χ2n) is 5.43. The van der Waals surface area contributed by atoms with Gasteiger partial charge in [-0.2, -0.15) is 0 Å². The molecule has 0 amide bonds. The van der Waals surface area contributed by atoms with Crippen LogP contribution in [0, 0.1) is 0 Å². The van der Waals surface area contributed by atoms with E-state index < -0.39 is 0 Å². The zero-order valence-electron chi connectivity index (χ0n) is 13.2. The first-order valence-electron chi connectivity index (χ1n) is 6.63. The summed E-state index contributed by atoms with van der Waals surface area (Å²) in [6.45, 7) is 12.8. The molecule has 0 aromatic heterocycles. The number of aliphatic imine (C=N–C) groups is 1. The number of likely N-dealkylation sites (N-methyl/N-ethyl adjacent to an activating group) is 1. The van der Waals surface area contributed by atoms with Gasteiger partial charge in [-0.15, -0.1) is 24.0 Å². The minimum absolute atomic E-state index is 0. The summed E-state index contributed by atoms with van der Waals surface area (Å²) in [7, 11) is 3.81. The van der Waals surface area contributed by atoms with Gasteiger partial charge < -0.3 is 20.3 Å². The van der Waals surface area contributed by atoms with Crippen molar-refractivity contribution in [3.8, 4) is 0 Å². The van der Waals surface area contributed by atoms with Crippen molar-refractivity contribution in [3.63, 3.8) is 0 Å². The third kappa shape index (κ3) is 14.1. The normalized spacial score (nSPS) is 12.3. The molecule has 0 aromatic rings. The van der Waals surface area contributed by atoms with Gasteiger partial charge in [0.1, 0.15) is 0 Å². The van der Waals surface area contributed by atoms with Gasteiger partial charge in [0.15, 0.2) is 5.96 Å². The third-order valence-electron chi connectivity index (χ3n) is 2.27. The van der Waals surface area contributed by atoms with Gasteiger partial charge in [0.05, 0.1) is 13.2 Å². The lowest BCUT2D eigenvalue weighted by Crippen LogP contribution is -2.47. The monoisotopic (exact) mass is 386 g/mol. The lowest BCUT2D eigenvalue weighted by molar-refractivity contribution is 0.163. The lowest BCUT2D eigenvalue weighted by atomic mass is 10.1. The summed E-state index contributed by atoms with van der Waals surface area (Å²) >= 11 is 0. The maximum absolute atomic E-state index is 5.04. The van der Waals surface area contributed by atoms with E-state index in [9.17, 15) is 0 Å². The van der Waals surface area contributed by atoms with E-state index in [2.05, 4.69) is 55.3 Å². The van der Waals surface area contributed by atoms with E-state index in [4.69, 9.17) is 4.74 Å². The van der Waals surface area contributed by atoms with E-state index in [-0.39, 0.29) is 29.5 Å². The first kappa shape index (κ1) is 21.2. The van der Waals surface area contributed by atoms with Crippen LogP contribution in [0.3, 0.4) is 0 Å². The highest BCUT2D eigenvalue weighted by Gasteiger charge is 2.11. The highest BCUT2D eigenvalue weighted by atomic mass is 127. The van der Waals surface area contributed by atoms with Crippen LogP contribution in [0.15, 0.2) is 4.99 Å². The molecule has 0 aliphatic rings. The Labute approximate surface area is 135 Å². The molecule has 19 heavy (non-hydrogen) atoms. The minimum atomic E-state index is 0. The number of nitrogens with one attached hydrogen (secondary N) is 2. The van der Waals surface area contributed by atoms with Crippen LogP contribution in [0.2, 0.25) is 0 Å². The molecule has 0 unspecified atom stereocenters. The Bertz CT molecular complexity index is 241. The summed E-state index contributed by atoms with van der Waals surface area (Å²) in [6.07, 6.45) is 0. The number of methoxy groups -OCH3 is 1. The quantitative estimate of drug-likeness (QED) is 0.396. The summed E-state index contributed by atoms with van der Waals surface area (Å²) in [5.41, 5.74) is 0.0307. The number of nitrogens with zero attached hydrogens (tertiary/aromatic N) is 2. The number of halogens is 1. The highest BCUT2D eigenvalue weighted by Crippen LogP contribution is 1.97. The van der Waals surface area contributed by atoms with Gasteiger partial charge in [-0.1, -0.05) is 0 Å². The smallest absolute Gasteiger partial charge is 0.191 e. The fourth-order valence-corrected chi connectivity index (χ4v) is 1.35. The Balaban J connectivity index is 0. The van der Waals surface area contributed by atoms with E-state index in [0.29, 0.717) is 0 Å². The molecule has 0 heterocycles. The average molecular weight is 386 g/mol. The fraction of sp³-hybridized carbons (Fsp3) is 0.923. The molecule has 0 aliphatic carbocycles. The van der Waals surface area contributed by atoms with Gasteiger partial charge in [-0.25, -0.2) is 0 Å². The predicted octanol–water partition coefficient (Wildman–Crippen LogP) is 1.54. The number of guanidine groups is 1. The van der Waals surface area contributed by atoms with Crippen molar-refractivity contribution >= 4 is 29.9 Å². The Hall–Kier alpha value is -0.0800. The van der Waals surface area contributed by atoms with E-state index in [1.807, 2.05) is 0 Å². The molecule has 0 saturated carbocycles. The van der Waals surface area contributed by atoms with Crippen molar-refractivity contribution < 1.29 is 4.74 Å². The van der Waals surface area contributed by atoms with Crippen LogP contribution in [-0.4, -0.2) is 63.3 Å². The topological polar surface area (TPSA) is 48.9 Å². The van der Waals surface area contributed by atoms with E-state index in [0.717, 1.165) is 38.7 Å². The molecule has 5 nitrogen and oxygen atoms in total. The SMILES string of the molecule is CCNC(=NCCN(C)CCOC)NC(C)(C)C.I. The van der Waals surface area contributed by atoms with Crippen molar-refractivity contribution in [2.45, 2.75) is 33.2 Å². The molecule has 0 aliphatic heterocycles. The lowest BCUT2D eigenvalue weighted by Gasteiger charge is -2.24. The number of ether oxygens (including phenoxy) is 1. The van der Waals surface area contributed by atoms with E-state index in [1.54, 1.807) is 7.11 Å². The van der Waals surface area contributed by atoms with Gasteiger partial charge in [0, 0.05) is 32.3 Å². The molecule has 6 heteroatoms. The number of rotatable bonds is 7. The Morgan fingerprint density at radius 1 is 1.26 bits per heavy atom. The molecule has 0 spiro atoms. The standard InChI is InChI=1S/C13H30N4O.HI/c1-7-14-12(16-13(2,3)4)15-8-9-17(5)10-11-18-6;/h7-11H2,1-6H3,(H2,14,15,16);1H. The summed E-state index contributed by atoms with van der Waals surface area (Å²) < 4.78 is 5.04. The molecule has 0 rings (SSSR count). The highest BCUT2D eigenvalue weighted by molar-refractivity contribution is 14.0. The molecule has 0 fully saturated rings. The van der Waals surface area contributed by atoms with Gasteiger partial charge in [0.25, 0.3) is 0 Å².